The second-order valence-electron chi connectivity index (χ2n) is 4.67. The van der Waals surface area contributed by atoms with Crippen LogP contribution in [0, 0.1) is 13.8 Å². The van der Waals surface area contributed by atoms with Gasteiger partial charge in [0.1, 0.15) is 10.8 Å². The molecule has 8 nitrogen and oxygen atoms in total. The molecule has 10 heteroatoms. The highest BCUT2D eigenvalue weighted by Gasteiger charge is 2.27. The van der Waals surface area contributed by atoms with E-state index in [0.29, 0.717) is 17.3 Å². The Labute approximate surface area is 127 Å². The SMILES string of the molecule is Cc1noc(C)c1CNc1snc(N)c1S(=O)(=O)N(C)C. The van der Waals surface area contributed by atoms with Gasteiger partial charge < -0.3 is 15.6 Å². The monoisotopic (exact) mass is 331 g/mol. The third-order valence-electron chi connectivity index (χ3n) is 3.02. The summed E-state index contributed by atoms with van der Waals surface area (Å²) in [5.41, 5.74) is 7.34. The van der Waals surface area contributed by atoms with Gasteiger partial charge in [0.15, 0.2) is 10.7 Å². The van der Waals surface area contributed by atoms with Gasteiger partial charge in [-0.15, -0.1) is 0 Å². The molecule has 0 saturated carbocycles. The Morgan fingerprint density at radius 3 is 2.57 bits per heavy atom. The zero-order valence-electron chi connectivity index (χ0n) is 12.2. The number of nitrogens with zero attached hydrogens (tertiary/aromatic N) is 3. The normalized spacial score (nSPS) is 12.0. The maximum atomic E-state index is 12.3. The molecule has 0 radical (unpaired) electrons. The topological polar surface area (TPSA) is 114 Å². The second-order valence-corrected chi connectivity index (χ2v) is 7.53. The van der Waals surface area contributed by atoms with E-state index in [-0.39, 0.29) is 10.7 Å². The Kier molecular flexibility index (Phi) is 4.21. The van der Waals surface area contributed by atoms with Gasteiger partial charge in [-0.1, -0.05) is 5.16 Å². The Morgan fingerprint density at radius 2 is 2.05 bits per heavy atom. The average Bonchev–Trinajstić information content (AvgIpc) is 2.91. The molecule has 2 aromatic rings. The van der Waals surface area contributed by atoms with E-state index in [9.17, 15) is 8.42 Å². The van der Waals surface area contributed by atoms with Crippen molar-refractivity contribution in [3.05, 3.63) is 17.0 Å². The molecule has 2 aromatic heterocycles. The van der Waals surface area contributed by atoms with E-state index in [4.69, 9.17) is 10.3 Å². The van der Waals surface area contributed by atoms with Gasteiger partial charge in [0.05, 0.1) is 5.69 Å². The number of nitrogens with two attached hydrogens (primary N) is 1. The summed E-state index contributed by atoms with van der Waals surface area (Å²) in [6.07, 6.45) is 0. The summed E-state index contributed by atoms with van der Waals surface area (Å²) in [5.74, 6) is 0.685. The fourth-order valence-electron chi connectivity index (χ4n) is 1.76. The van der Waals surface area contributed by atoms with Gasteiger partial charge in [0, 0.05) is 26.2 Å². The van der Waals surface area contributed by atoms with Crippen molar-refractivity contribution in [2.24, 2.45) is 0 Å². The highest BCUT2D eigenvalue weighted by Crippen LogP contribution is 2.33. The van der Waals surface area contributed by atoms with Crippen molar-refractivity contribution < 1.29 is 12.9 Å². The zero-order chi connectivity index (χ0) is 15.8. The molecule has 0 saturated heterocycles. The zero-order valence-corrected chi connectivity index (χ0v) is 13.8. The molecule has 0 unspecified atom stereocenters. The first-order valence-corrected chi connectivity index (χ1v) is 8.29. The molecular formula is C11H17N5O3S2. The molecule has 0 aliphatic heterocycles. The van der Waals surface area contributed by atoms with E-state index in [0.717, 1.165) is 27.1 Å². The summed E-state index contributed by atoms with van der Waals surface area (Å²) in [6, 6.07) is 0. The predicted molar refractivity (Wildman–Crippen MR) is 80.7 cm³/mol. The molecule has 2 rings (SSSR count). The number of anilines is 2. The van der Waals surface area contributed by atoms with Crippen LogP contribution in [-0.2, 0) is 16.6 Å². The van der Waals surface area contributed by atoms with E-state index < -0.39 is 10.0 Å². The van der Waals surface area contributed by atoms with E-state index >= 15 is 0 Å². The van der Waals surface area contributed by atoms with Gasteiger partial charge in [-0.3, -0.25) is 0 Å². The molecule has 0 fully saturated rings. The third-order valence-corrected chi connectivity index (χ3v) is 5.86. The number of sulfonamides is 1. The highest BCUT2D eigenvalue weighted by atomic mass is 32.2. The molecule has 0 aliphatic carbocycles. The van der Waals surface area contributed by atoms with Gasteiger partial charge >= 0.3 is 0 Å². The molecule has 0 amide bonds. The van der Waals surface area contributed by atoms with Crippen LogP contribution in [0.15, 0.2) is 9.42 Å². The van der Waals surface area contributed by atoms with Crippen LogP contribution in [-0.4, -0.2) is 36.3 Å². The molecule has 3 N–H and O–H groups in total. The summed E-state index contributed by atoms with van der Waals surface area (Å²) >= 11 is 1.01. The lowest BCUT2D eigenvalue weighted by molar-refractivity contribution is 0.392. The summed E-state index contributed by atoms with van der Waals surface area (Å²) in [5, 5.41) is 7.31. The Bertz CT molecular complexity index is 728. The van der Waals surface area contributed by atoms with Crippen molar-refractivity contribution in [1.29, 1.82) is 0 Å². The van der Waals surface area contributed by atoms with Gasteiger partial charge in [-0.05, 0) is 25.4 Å². The maximum absolute atomic E-state index is 12.3. The molecule has 0 spiro atoms. The van der Waals surface area contributed by atoms with Crippen molar-refractivity contribution >= 4 is 32.4 Å². The lowest BCUT2D eigenvalue weighted by Gasteiger charge is -2.12. The first-order valence-electron chi connectivity index (χ1n) is 6.08. The summed E-state index contributed by atoms with van der Waals surface area (Å²) in [7, 11) is -0.754. The highest BCUT2D eigenvalue weighted by molar-refractivity contribution is 7.89. The minimum atomic E-state index is -3.65. The lowest BCUT2D eigenvalue weighted by Crippen LogP contribution is -2.23. The van der Waals surface area contributed by atoms with Gasteiger partial charge in [-0.25, -0.2) is 12.7 Å². The van der Waals surface area contributed by atoms with Gasteiger partial charge in [0.2, 0.25) is 10.0 Å². The van der Waals surface area contributed by atoms with Crippen LogP contribution >= 0.6 is 11.5 Å². The minimum Gasteiger partial charge on any atom is -0.382 e. The van der Waals surface area contributed by atoms with Gasteiger partial charge in [0.25, 0.3) is 0 Å². The van der Waals surface area contributed by atoms with Crippen molar-refractivity contribution in [2.75, 3.05) is 25.1 Å². The van der Waals surface area contributed by atoms with Crippen LogP contribution in [0.4, 0.5) is 10.8 Å². The smallest absolute Gasteiger partial charge is 0.249 e. The van der Waals surface area contributed by atoms with E-state index in [1.165, 1.54) is 14.1 Å². The summed E-state index contributed by atoms with van der Waals surface area (Å²) in [6.45, 7) is 4.01. The number of hydrogen-bond acceptors (Lipinski definition) is 8. The number of hydrogen-bond donors (Lipinski definition) is 2. The second kappa shape index (κ2) is 5.62. The van der Waals surface area contributed by atoms with Gasteiger partial charge in [-0.2, -0.15) is 4.37 Å². The van der Waals surface area contributed by atoms with Crippen molar-refractivity contribution in [1.82, 2.24) is 13.8 Å². The molecule has 0 aliphatic rings. The first kappa shape index (κ1) is 15.7. The first-order chi connectivity index (χ1) is 9.75. The van der Waals surface area contributed by atoms with Crippen LogP contribution < -0.4 is 11.1 Å². The summed E-state index contributed by atoms with van der Waals surface area (Å²) in [4.78, 5) is 0.00394. The third kappa shape index (κ3) is 2.87. The van der Waals surface area contributed by atoms with E-state index in [1.54, 1.807) is 6.92 Å². The molecule has 21 heavy (non-hydrogen) atoms. The minimum absolute atomic E-state index is 0.00394. The molecule has 2 heterocycles. The Hall–Kier alpha value is -1.65. The molecular weight excluding hydrogens is 314 g/mol. The van der Waals surface area contributed by atoms with Crippen LogP contribution in [0.3, 0.4) is 0 Å². The molecule has 0 bridgehead atoms. The van der Waals surface area contributed by atoms with Crippen LogP contribution in [0.1, 0.15) is 17.0 Å². The molecule has 116 valence electrons. The van der Waals surface area contributed by atoms with Crippen molar-refractivity contribution in [3.8, 4) is 0 Å². The number of nitrogens with one attached hydrogen (secondary N) is 1. The lowest BCUT2D eigenvalue weighted by atomic mass is 10.2. The Balaban J connectivity index is 2.31. The van der Waals surface area contributed by atoms with E-state index in [1.807, 2.05) is 6.92 Å². The fourth-order valence-corrected chi connectivity index (χ4v) is 3.83. The number of nitrogen functional groups attached to an aromatic ring is 1. The van der Waals surface area contributed by atoms with Crippen LogP contribution in [0.2, 0.25) is 0 Å². The standard InChI is InChI=1S/C11H17N5O3S2/c1-6-8(7(2)19-14-6)5-13-11-9(10(12)15-20-11)21(17,18)16(3)4/h13H,5H2,1-4H3,(H2,12,15). The van der Waals surface area contributed by atoms with Crippen LogP contribution in [0.5, 0.6) is 0 Å². The average molecular weight is 331 g/mol. The number of aryl methyl sites for hydroxylation is 2. The maximum Gasteiger partial charge on any atom is 0.249 e. The van der Waals surface area contributed by atoms with Crippen molar-refractivity contribution in [2.45, 2.75) is 25.3 Å². The van der Waals surface area contributed by atoms with Crippen molar-refractivity contribution in [3.63, 3.8) is 0 Å². The molecule has 0 aromatic carbocycles. The quantitative estimate of drug-likeness (QED) is 0.845. The van der Waals surface area contributed by atoms with Crippen LogP contribution in [0.25, 0.3) is 0 Å². The Morgan fingerprint density at radius 1 is 1.38 bits per heavy atom. The summed E-state index contributed by atoms with van der Waals surface area (Å²) < 4.78 is 34.6. The number of rotatable bonds is 5. The largest absolute Gasteiger partial charge is 0.382 e. The van der Waals surface area contributed by atoms with E-state index in [2.05, 4.69) is 14.8 Å². The number of aromatic nitrogens is 2. The predicted octanol–water partition coefficient (Wildman–Crippen LogP) is 1.19. The molecule has 0 atom stereocenters. The fraction of sp³-hybridized carbons (Fsp3) is 0.455.